The van der Waals surface area contributed by atoms with Crippen LogP contribution in [0.15, 0.2) is 53.5 Å². The van der Waals surface area contributed by atoms with E-state index in [2.05, 4.69) is 5.32 Å². The molecule has 0 spiro atoms. The fourth-order valence-corrected chi connectivity index (χ4v) is 2.93. The molecule has 0 aliphatic heterocycles. The first kappa shape index (κ1) is 18.5. The van der Waals surface area contributed by atoms with Crippen molar-refractivity contribution < 1.29 is 14.3 Å². The van der Waals surface area contributed by atoms with E-state index in [0.29, 0.717) is 35.8 Å². The summed E-state index contributed by atoms with van der Waals surface area (Å²) in [6, 6.07) is 12.4. The minimum absolute atomic E-state index is 0.0601. The zero-order valence-corrected chi connectivity index (χ0v) is 15.6. The van der Waals surface area contributed by atoms with Crippen LogP contribution in [0.5, 0.6) is 11.5 Å². The minimum Gasteiger partial charge on any atom is -0.494 e. The molecular weight excluding hydrogens is 344 g/mol. The highest BCUT2D eigenvalue weighted by atomic mass is 16.5. The van der Waals surface area contributed by atoms with Gasteiger partial charge in [0.15, 0.2) is 0 Å². The third kappa shape index (κ3) is 3.79. The van der Waals surface area contributed by atoms with Crippen molar-refractivity contribution in [2.75, 3.05) is 18.5 Å². The molecule has 1 heterocycles. The van der Waals surface area contributed by atoms with E-state index < -0.39 is 5.91 Å². The fraction of sp³-hybridized carbons (Fsp3) is 0.238. The number of nitrogens with zero attached hydrogens (tertiary/aromatic N) is 1. The van der Waals surface area contributed by atoms with E-state index in [1.54, 1.807) is 42.1 Å². The average Bonchev–Trinajstić information content (AvgIpc) is 2.66. The van der Waals surface area contributed by atoms with Crippen molar-refractivity contribution >= 4 is 22.5 Å². The average molecular weight is 366 g/mol. The fourth-order valence-electron chi connectivity index (χ4n) is 2.93. The first-order chi connectivity index (χ1) is 13.0. The molecule has 1 amide bonds. The van der Waals surface area contributed by atoms with Crippen LogP contribution >= 0.6 is 0 Å². The van der Waals surface area contributed by atoms with Crippen LogP contribution in [0.3, 0.4) is 0 Å². The molecule has 0 bridgehead atoms. The van der Waals surface area contributed by atoms with Crippen LogP contribution in [0, 0.1) is 0 Å². The lowest BCUT2D eigenvalue weighted by molar-refractivity contribution is 0.102. The summed E-state index contributed by atoms with van der Waals surface area (Å²) in [5.41, 5.74) is 0.977. The molecule has 1 aromatic heterocycles. The Morgan fingerprint density at radius 3 is 2.56 bits per heavy atom. The van der Waals surface area contributed by atoms with Crippen LogP contribution in [-0.4, -0.2) is 23.7 Å². The molecule has 0 saturated carbocycles. The summed E-state index contributed by atoms with van der Waals surface area (Å²) >= 11 is 0. The monoisotopic (exact) mass is 366 g/mol. The standard InChI is InChI=1S/C21H22N2O4/c1-4-26-14-10-11-18-15(12-14)20(24)16(13-23(18)3)21(25)22-17-8-6-7-9-19(17)27-5-2/h6-13H,4-5H2,1-3H3,(H,22,25). The van der Waals surface area contributed by atoms with Crippen LogP contribution in [-0.2, 0) is 7.05 Å². The first-order valence-electron chi connectivity index (χ1n) is 8.84. The highest BCUT2D eigenvalue weighted by Gasteiger charge is 2.16. The maximum atomic E-state index is 12.9. The number of aromatic nitrogens is 1. The van der Waals surface area contributed by atoms with Gasteiger partial charge in [0.2, 0.25) is 5.43 Å². The number of anilines is 1. The van der Waals surface area contributed by atoms with Crippen LogP contribution in [0.4, 0.5) is 5.69 Å². The topological polar surface area (TPSA) is 69.6 Å². The Labute approximate surface area is 157 Å². The zero-order chi connectivity index (χ0) is 19.4. The molecule has 0 unspecified atom stereocenters. The second-order valence-corrected chi connectivity index (χ2v) is 5.98. The SMILES string of the molecule is CCOc1ccc2c(c1)c(=O)c(C(=O)Nc1ccccc1OCC)cn2C. The van der Waals surface area contributed by atoms with Gasteiger partial charge in [-0.3, -0.25) is 9.59 Å². The lowest BCUT2D eigenvalue weighted by atomic mass is 10.1. The number of carbonyl (C=O) groups excluding carboxylic acids is 1. The molecule has 0 radical (unpaired) electrons. The summed E-state index contributed by atoms with van der Waals surface area (Å²) in [6.07, 6.45) is 1.55. The van der Waals surface area contributed by atoms with Crippen molar-refractivity contribution in [2.45, 2.75) is 13.8 Å². The molecule has 0 aliphatic rings. The third-order valence-electron chi connectivity index (χ3n) is 4.15. The summed E-state index contributed by atoms with van der Waals surface area (Å²) in [5, 5.41) is 3.21. The molecule has 0 atom stereocenters. The smallest absolute Gasteiger partial charge is 0.261 e. The van der Waals surface area contributed by atoms with Crippen LogP contribution in [0.1, 0.15) is 24.2 Å². The Kier molecular flexibility index (Phi) is 5.45. The van der Waals surface area contributed by atoms with Gasteiger partial charge in [-0.05, 0) is 44.2 Å². The van der Waals surface area contributed by atoms with Crippen molar-refractivity contribution in [3.05, 3.63) is 64.4 Å². The number of nitrogens with one attached hydrogen (secondary N) is 1. The van der Waals surface area contributed by atoms with Crippen LogP contribution in [0.25, 0.3) is 10.9 Å². The molecular formula is C21H22N2O4. The van der Waals surface area contributed by atoms with Crippen molar-refractivity contribution in [3.8, 4) is 11.5 Å². The Hall–Kier alpha value is -3.28. The lowest BCUT2D eigenvalue weighted by Gasteiger charge is -2.13. The van der Waals surface area contributed by atoms with Gasteiger partial charge in [0.05, 0.1) is 29.8 Å². The number of para-hydroxylation sites is 2. The highest BCUT2D eigenvalue weighted by molar-refractivity contribution is 6.06. The van der Waals surface area contributed by atoms with Crippen molar-refractivity contribution in [3.63, 3.8) is 0 Å². The number of aryl methyl sites for hydroxylation is 1. The number of hydrogen-bond acceptors (Lipinski definition) is 4. The Morgan fingerprint density at radius 1 is 1.07 bits per heavy atom. The number of ether oxygens (including phenoxy) is 2. The molecule has 1 N–H and O–H groups in total. The van der Waals surface area contributed by atoms with Gasteiger partial charge in [-0.2, -0.15) is 0 Å². The number of hydrogen-bond donors (Lipinski definition) is 1. The van der Waals surface area contributed by atoms with E-state index in [9.17, 15) is 9.59 Å². The van der Waals surface area contributed by atoms with Gasteiger partial charge in [-0.15, -0.1) is 0 Å². The molecule has 2 aromatic carbocycles. The molecule has 3 aromatic rings. The van der Waals surface area contributed by atoms with Crippen LogP contribution in [0.2, 0.25) is 0 Å². The molecule has 0 fully saturated rings. The lowest BCUT2D eigenvalue weighted by Crippen LogP contribution is -2.23. The molecule has 0 aliphatic carbocycles. The third-order valence-corrected chi connectivity index (χ3v) is 4.15. The largest absolute Gasteiger partial charge is 0.494 e. The van der Waals surface area contributed by atoms with Gasteiger partial charge >= 0.3 is 0 Å². The summed E-state index contributed by atoms with van der Waals surface area (Å²) in [5.74, 6) is 0.678. The van der Waals surface area contributed by atoms with E-state index in [1.165, 1.54) is 0 Å². The summed E-state index contributed by atoms with van der Waals surface area (Å²) < 4.78 is 12.8. The Balaban J connectivity index is 2.02. The number of carbonyl (C=O) groups is 1. The van der Waals surface area contributed by atoms with E-state index in [4.69, 9.17) is 9.47 Å². The van der Waals surface area contributed by atoms with Gasteiger partial charge in [-0.1, -0.05) is 12.1 Å². The molecule has 0 saturated heterocycles. The number of fused-ring (bicyclic) bond motifs is 1. The van der Waals surface area contributed by atoms with Gasteiger partial charge in [0.1, 0.15) is 17.1 Å². The quantitative estimate of drug-likeness (QED) is 0.724. The number of pyridine rings is 1. The second kappa shape index (κ2) is 7.95. The molecule has 6 heteroatoms. The van der Waals surface area contributed by atoms with E-state index in [0.717, 1.165) is 5.52 Å². The predicted molar refractivity (Wildman–Crippen MR) is 106 cm³/mol. The normalized spacial score (nSPS) is 10.6. The van der Waals surface area contributed by atoms with Crippen LogP contribution < -0.4 is 20.2 Å². The minimum atomic E-state index is -0.480. The highest BCUT2D eigenvalue weighted by Crippen LogP contribution is 2.24. The van der Waals surface area contributed by atoms with Gasteiger partial charge in [0, 0.05) is 13.2 Å². The molecule has 27 heavy (non-hydrogen) atoms. The first-order valence-corrected chi connectivity index (χ1v) is 8.84. The maximum absolute atomic E-state index is 12.9. The van der Waals surface area contributed by atoms with Gasteiger partial charge < -0.3 is 19.4 Å². The van der Waals surface area contributed by atoms with Crippen molar-refractivity contribution in [1.29, 1.82) is 0 Å². The Morgan fingerprint density at radius 2 is 1.81 bits per heavy atom. The van der Waals surface area contributed by atoms with Crippen molar-refractivity contribution in [2.24, 2.45) is 7.05 Å². The molecule has 6 nitrogen and oxygen atoms in total. The second-order valence-electron chi connectivity index (χ2n) is 5.98. The van der Waals surface area contributed by atoms with Gasteiger partial charge in [0.25, 0.3) is 5.91 Å². The van der Waals surface area contributed by atoms with Crippen molar-refractivity contribution in [1.82, 2.24) is 4.57 Å². The summed E-state index contributed by atoms with van der Waals surface area (Å²) in [6.45, 7) is 4.72. The molecule has 140 valence electrons. The van der Waals surface area contributed by atoms with E-state index >= 15 is 0 Å². The number of amides is 1. The Bertz CT molecular complexity index is 1040. The van der Waals surface area contributed by atoms with Gasteiger partial charge in [-0.25, -0.2) is 0 Å². The maximum Gasteiger partial charge on any atom is 0.261 e. The summed E-state index contributed by atoms with van der Waals surface area (Å²) in [4.78, 5) is 25.7. The number of rotatable bonds is 6. The molecule has 3 rings (SSSR count). The predicted octanol–water partition coefficient (Wildman–Crippen LogP) is 3.59. The van der Waals surface area contributed by atoms with E-state index in [1.807, 2.05) is 32.0 Å². The zero-order valence-electron chi connectivity index (χ0n) is 15.6. The van der Waals surface area contributed by atoms with E-state index in [-0.39, 0.29) is 11.0 Å². The number of benzene rings is 2. The summed E-state index contributed by atoms with van der Waals surface area (Å²) in [7, 11) is 1.80.